The van der Waals surface area contributed by atoms with E-state index in [-0.39, 0.29) is 0 Å². The monoisotopic (exact) mass is 102 g/mol. The third kappa shape index (κ3) is 0.224. The number of aliphatic hydroxyl groups is 2. The van der Waals surface area contributed by atoms with E-state index in [1.807, 2.05) is 0 Å². The quantitative estimate of drug-likeness (QED) is 0.393. The van der Waals surface area contributed by atoms with Crippen LogP contribution in [0.2, 0.25) is 0 Å². The van der Waals surface area contributed by atoms with Gasteiger partial charge in [-0.25, -0.2) is 0 Å². The van der Waals surface area contributed by atoms with Gasteiger partial charge in [-0.3, -0.25) is 0 Å². The molecule has 0 spiro atoms. The second-order valence-corrected chi connectivity index (χ2v) is 2.17. The summed E-state index contributed by atoms with van der Waals surface area (Å²) in [6.45, 7) is 0. The van der Waals surface area contributed by atoms with Crippen molar-refractivity contribution in [3.63, 3.8) is 0 Å². The zero-order chi connectivity index (χ0) is 5.12. The summed E-state index contributed by atoms with van der Waals surface area (Å²) in [4.78, 5) is 0. The van der Waals surface area contributed by atoms with Crippen LogP contribution in [0.15, 0.2) is 0 Å². The van der Waals surface area contributed by atoms with Gasteiger partial charge in [0.1, 0.15) is 0 Å². The molecule has 2 aliphatic rings. The first-order valence-electron chi connectivity index (χ1n) is 2.31. The van der Waals surface area contributed by atoms with E-state index in [9.17, 15) is 0 Å². The zero-order valence-corrected chi connectivity index (χ0v) is 3.72. The van der Waals surface area contributed by atoms with E-state index in [2.05, 4.69) is 4.74 Å². The predicted octanol–water partition coefficient (Wildman–Crippen LogP) is -0.812. The van der Waals surface area contributed by atoms with Gasteiger partial charge in [0, 0.05) is 12.8 Å². The van der Waals surface area contributed by atoms with Crippen LogP contribution in [0.5, 0.6) is 0 Å². The molecular formula is C4H6O3. The smallest absolute Gasteiger partial charge is 0.224 e. The van der Waals surface area contributed by atoms with Crippen LogP contribution in [0.3, 0.4) is 0 Å². The maximum absolute atomic E-state index is 8.77. The Balaban J connectivity index is 2.26. The number of rotatable bonds is 0. The van der Waals surface area contributed by atoms with Crippen molar-refractivity contribution >= 4 is 0 Å². The highest BCUT2D eigenvalue weighted by atomic mass is 16.8. The van der Waals surface area contributed by atoms with E-state index in [1.165, 1.54) is 0 Å². The van der Waals surface area contributed by atoms with E-state index >= 15 is 0 Å². The van der Waals surface area contributed by atoms with Crippen LogP contribution in [-0.2, 0) is 4.74 Å². The Bertz CT molecular complexity index is 110. The summed E-state index contributed by atoms with van der Waals surface area (Å²) in [6, 6.07) is 0. The highest BCUT2D eigenvalue weighted by Gasteiger charge is 2.77. The largest absolute Gasteiger partial charge is 0.361 e. The van der Waals surface area contributed by atoms with Crippen molar-refractivity contribution in [3.8, 4) is 0 Å². The first-order chi connectivity index (χ1) is 3.16. The van der Waals surface area contributed by atoms with Crippen molar-refractivity contribution < 1.29 is 14.9 Å². The van der Waals surface area contributed by atoms with Crippen LogP contribution < -0.4 is 0 Å². The van der Waals surface area contributed by atoms with Gasteiger partial charge in [-0.05, 0) is 0 Å². The number of fused-ring (bicyclic) bond motifs is 1. The SMILES string of the molecule is OC12CCC1(O)O2. The van der Waals surface area contributed by atoms with Crippen LogP contribution in [0.25, 0.3) is 0 Å². The molecule has 3 nitrogen and oxygen atoms in total. The van der Waals surface area contributed by atoms with Crippen molar-refractivity contribution in [1.29, 1.82) is 0 Å². The molecule has 3 heteroatoms. The molecule has 7 heavy (non-hydrogen) atoms. The summed E-state index contributed by atoms with van der Waals surface area (Å²) in [6.07, 6.45) is 1.17. The van der Waals surface area contributed by atoms with Crippen molar-refractivity contribution in [1.82, 2.24) is 0 Å². The lowest BCUT2D eigenvalue weighted by atomic mass is 9.93. The highest BCUT2D eigenvalue weighted by Crippen LogP contribution is 2.59. The lowest BCUT2D eigenvalue weighted by Crippen LogP contribution is -2.35. The molecule has 1 saturated carbocycles. The Kier molecular flexibility index (Phi) is 0.346. The fourth-order valence-electron chi connectivity index (χ4n) is 0.909. The molecule has 1 aliphatic heterocycles. The van der Waals surface area contributed by atoms with Crippen molar-refractivity contribution in [2.24, 2.45) is 0 Å². The third-order valence-corrected chi connectivity index (χ3v) is 1.71. The van der Waals surface area contributed by atoms with E-state index in [4.69, 9.17) is 10.2 Å². The van der Waals surface area contributed by atoms with Gasteiger partial charge in [0.15, 0.2) is 0 Å². The standard InChI is InChI=1S/C4H6O3/c5-3-1-2-4(3,6)7-3/h5-6H,1-2H2. The lowest BCUT2D eigenvalue weighted by molar-refractivity contribution is -0.0519. The maximum atomic E-state index is 8.77. The van der Waals surface area contributed by atoms with Gasteiger partial charge < -0.3 is 14.9 Å². The van der Waals surface area contributed by atoms with Crippen molar-refractivity contribution in [3.05, 3.63) is 0 Å². The minimum absolute atomic E-state index is 0.587. The minimum Gasteiger partial charge on any atom is -0.361 e. The third-order valence-electron chi connectivity index (χ3n) is 1.71. The van der Waals surface area contributed by atoms with Crippen LogP contribution in [0.4, 0.5) is 0 Å². The Hall–Kier alpha value is -0.120. The van der Waals surface area contributed by atoms with Gasteiger partial charge in [-0.1, -0.05) is 0 Å². The molecule has 2 rings (SSSR count). The first kappa shape index (κ1) is 3.83. The van der Waals surface area contributed by atoms with E-state index < -0.39 is 11.6 Å². The lowest BCUT2D eigenvalue weighted by Gasteiger charge is -2.17. The molecule has 2 fully saturated rings. The van der Waals surface area contributed by atoms with Crippen molar-refractivity contribution in [2.45, 2.75) is 24.4 Å². The number of hydrogen-bond acceptors (Lipinski definition) is 3. The molecule has 1 heterocycles. The molecule has 0 radical (unpaired) electrons. The molecule has 0 bridgehead atoms. The van der Waals surface area contributed by atoms with Gasteiger partial charge in [0.2, 0.25) is 11.6 Å². The molecule has 2 unspecified atom stereocenters. The Morgan fingerprint density at radius 1 is 1.14 bits per heavy atom. The molecule has 2 atom stereocenters. The number of epoxide rings is 1. The fraction of sp³-hybridized carbons (Fsp3) is 1.00. The Morgan fingerprint density at radius 2 is 1.57 bits per heavy atom. The summed E-state index contributed by atoms with van der Waals surface area (Å²) in [5.74, 6) is -2.24. The van der Waals surface area contributed by atoms with Crippen molar-refractivity contribution in [2.75, 3.05) is 0 Å². The zero-order valence-electron chi connectivity index (χ0n) is 3.72. The molecule has 2 N–H and O–H groups in total. The van der Waals surface area contributed by atoms with Gasteiger partial charge >= 0.3 is 0 Å². The van der Waals surface area contributed by atoms with Crippen LogP contribution in [0.1, 0.15) is 12.8 Å². The van der Waals surface area contributed by atoms with Crippen LogP contribution >= 0.6 is 0 Å². The fourth-order valence-corrected chi connectivity index (χ4v) is 0.909. The summed E-state index contributed by atoms with van der Waals surface area (Å²) >= 11 is 0. The van der Waals surface area contributed by atoms with Gasteiger partial charge in [-0.2, -0.15) is 0 Å². The van der Waals surface area contributed by atoms with Crippen LogP contribution in [-0.4, -0.2) is 21.8 Å². The summed E-state index contributed by atoms with van der Waals surface area (Å²) in [7, 11) is 0. The Morgan fingerprint density at radius 3 is 1.57 bits per heavy atom. The molecule has 0 aromatic heterocycles. The van der Waals surface area contributed by atoms with Gasteiger partial charge in [0.25, 0.3) is 0 Å². The molecule has 1 aliphatic carbocycles. The van der Waals surface area contributed by atoms with Gasteiger partial charge in [-0.15, -0.1) is 0 Å². The Labute approximate surface area is 40.5 Å². The molecular weight excluding hydrogens is 96.0 g/mol. The van der Waals surface area contributed by atoms with E-state index in [0.29, 0.717) is 12.8 Å². The van der Waals surface area contributed by atoms with Crippen LogP contribution in [0, 0.1) is 0 Å². The molecule has 0 aromatic rings. The van der Waals surface area contributed by atoms with E-state index in [0.717, 1.165) is 0 Å². The average molecular weight is 102 g/mol. The first-order valence-corrected chi connectivity index (χ1v) is 2.31. The molecule has 1 saturated heterocycles. The molecule has 40 valence electrons. The maximum Gasteiger partial charge on any atom is 0.224 e. The topological polar surface area (TPSA) is 53.0 Å². The average Bonchev–Trinajstić information content (AvgIpc) is 1.89. The number of ether oxygens (including phenoxy) is 1. The second-order valence-electron chi connectivity index (χ2n) is 2.17. The minimum atomic E-state index is -1.12. The highest BCUT2D eigenvalue weighted by molar-refractivity contribution is 5.10. The summed E-state index contributed by atoms with van der Waals surface area (Å²) in [5, 5.41) is 17.5. The summed E-state index contributed by atoms with van der Waals surface area (Å²) in [5.41, 5.74) is 0. The second kappa shape index (κ2) is 0.632. The number of hydrogen-bond donors (Lipinski definition) is 2. The van der Waals surface area contributed by atoms with Gasteiger partial charge in [0.05, 0.1) is 0 Å². The predicted molar refractivity (Wildman–Crippen MR) is 20.2 cm³/mol. The molecule has 0 amide bonds. The van der Waals surface area contributed by atoms with E-state index in [1.54, 1.807) is 0 Å². The molecule has 0 aromatic carbocycles. The normalized spacial score (nSPS) is 66.0. The summed E-state index contributed by atoms with van der Waals surface area (Å²) < 4.78 is 4.51.